The summed E-state index contributed by atoms with van der Waals surface area (Å²) in [5.41, 5.74) is 2.96. The number of carbonyl (C=O) groups excluding carboxylic acids is 1. The molecule has 0 bridgehead atoms. The fourth-order valence-corrected chi connectivity index (χ4v) is 2.95. The molecule has 6 nitrogen and oxygen atoms in total. The Balaban J connectivity index is 1.43. The molecule has 3 rings (SSSR count). The van der Waals surface area contributed by atoms with E-state index in [1.54, 1.807) is 12.4 Å². The topological polar surface area (TPSA) is 74.7 Å². The molecule has 2 heterocycles. The van der Waals surface area contributed by atoms with E-state index in [-0.39, 0.29) is 12.5 Å². The van der Waals surface area contributed by atoms with Gasteiger partial charge in [-0.05, 0) is 35.7 Å². The minimum atomic E-state index is -0.712. The number of hydrogen-bond donors (Lipinski definition) is 2. The number of pyridine rings is 1. The smallest absolute Gasteiger partial charge is 0.220 e. The minimum absolute atomic E-state index is 0.0714. The second kappa shape index (κ2) is 9.31. The maximum atomic E-state index is 12.0. The average molecular weight is 355 g/mol. The summed E-state index contributed by atoms with van der Waals surface area (Å²) in [5, 5.41) is 13.1. The highest BCUT2D eigenvalue weighted by Crippen LogP contribution is 2.20. The van der Waals surface area contributed by atoms with Gasteiger partial charge in [-0.15, -0.1) is 0 Å². The third kappa shape index (κ3) is 5.28. The summed E-state index contributed by atoms with van der Waals surface area (Å²) in [5.74, 6) is -0.0714. The zero-order chi connectivity index (χ0) is 18.2. The van der Waals surface area contributed by atoms with Crippen LogP contribution in [0.4, 0.5) is 5.69 Å². The lowest BCUT2D eigenvalue weighted by molar-refractivity contribution is -0.121. The van der Waals surface area contributed by atoms with Gasteiger partial charge in [0.25, 0.3) is 0 Å². The number of ether oxygens (including phenoxy) is 1. The van der Waals surface area contributed by atoms with Crippen LogP contribution in [0.3, 0.4) is 0 Å². The summed E-state index contributed by atoms with van der Waals surface area (Å²) in [6.45, 7) is 3.47. The van der Waals surface area contributed by atoms with Gasteiger partial charge < -0.3 is 20.1 Å². The summed E-state index contributed by atoms with van der Waals surface area (Å²) >= 11 is 0. The number of morpholine rings is 1. The number of carbonyl (C=O) groups is 1. The van der Waals surface area contributed by atoms with Crippen molar-refractivity contribution in [3.05, 3.63) is 59.9 Å². The molecule has 1 amide bonds. The molecule has 1 unspecified atom stereocenters. The van der Waals surface area contributed by atoms with E-state index in [1.807, 2.05) is 36.4 Å². The molecule has 1 aromatic carbocycles. The van der Waals surface area contributed by atoms with E-state index < -0.39 is 6.10 Å². The Bertz CT molecular complexity index is 685. The van der Waals surface area contributed by atoms with Gasteiger partial charge in [-0.3, -0.25) is 9.78 Å². The summed E-state index contributed by atoms with van der Waals surface area (Å²) < 4.78 is 5.36. The molecule has 138 valence electrons. The molecule has 6 heteroatoms. The van der Waals surface area contributed by atoms with E-state index in [2.05, 4.69) is 15.2 Å². The Hall–Kier alpha value is -2.44. The van der Waals surface area contributed by atoms with E-state index >= 15 is 0 Å². The lowest BCUT2D eigenvalue weighted by atomic mass is 10.1. The molecule has 0 aliphatic carbocycles. The van der Waals surface area contributed by atoms with Crippen LogP contribution < -0.4 is 10.2 Å². The highest BCUT2D eigenvalue weighted by molar-refractivity contribution is 5.76. The Labute approximate surface area is 153 Å². The molecule has 2 N–H and O–H groups in total. The second-order valence-electron chi connectivity index (χ2n) is 6.37. The van der Waals surface area contributed by atoms with Crippen LogP contribution in [0.25, 0.3) is 0 Å². The predicted octanol–water partition coefficient (Wildman–Crippen LogP) is 1.70. The highest BCUT2D eigenvalue weighted by Gasteiger charge is 2.13. The third-order valence-electron chi connectivity index (χ3n) is 4.51. The zero-order valence-electron chi connectivity index (χ0n) is 14.8. The molecular formula is C20H25N3O3. The van der Waals surface area contributed by atoms with Crippen molar-refractivity contribution in [3.8, 4) is 0 Å². The second-order valence-corrected chi connectivity index (χ2v) is 6.37. The number of aliphatic hydroxyl groups excluding tert-OH is 1. The van der Waals surface area contributed by atoms with Crippen LogP contribution in [-0.4, -0.2) is 48.8 Å². The molecule has 0 spiro atoms. The number of aliphatic hydroxyl groups is 1. The van der Waals surface area contributed by atoms with Crippen molar-refractivity contribution < 1.29 is 14.6 Å². The number of benzene rings is 1. The summed E-state index contributed by atoms with van der Waals surface area (Å²) in [6, 6.07) is 11.7. The van der Waals surface area contributed by atoms with Gasteiger partial charge in [-0.2, -0.15) is 0 Å². The average Bonchev–Trinajstić information content (AvgIpc) is 2.72. The summed E-state index contributed by atoms with van der Waals surface area (Å²) in [7, 11) is 0. The molecule has 0 radical (unpaired) electrons. The Morgan fingerprint density at radius 3 is 2.69 bits per heavy atom. The standard InChI is InChI=1S/C20H25N3O3/c24-19(15-22-20(25)8-3-16-2-1-9-21-14-16)17-4-6-18(7-5-17)23-10-12-26-13-11-23/h1-2,4-7,9,14,19,24H,3,8,10-13,15H2,(H,22,25). The predicted molar refractivity (Wildman–Crippen MR) is 100 cm³/mol. The van der Waals surface area contributed by atoms with Gasteiger partial charge in [0.05, 0.1) is 19.3 Å². The molecule has 1 aliphatic heterocycles. The number of hydrogen-bond acceptors (Lipinski definition) is 5. The number of nitrogens with one attached hydrogen (secondary N) is 1. The molecule has 1 atom stereocenters. The number of rotatable bonds is 7. The number of amides is 1. The molecule has 1 aliphatic rings. The number of nitrogens with zero attached hydrogens (tertiary/aromatic N) is 2. The number of aryl methyl sites for hydroxylation is 1. The number of aromatic nitrogens is 1. The summed E-state index contributed by atoms with van der Waals surface area (Å²) in [4.78, 5) is 18.3. The Kier molecular flexibility index (Phi) is 6.57. The monoisotopic (exact) mass is 355 g/mol. The Morgan fingerprint density at radius 1 is 1.23 bits per heavy atom. The first-order valence-electron chi connectivity index (χ1n) is 8.99. The maximum Gasteiger partial charge on any atom is 0.220 e. The normalized spacial score (nSPS) is 15.5. The summed E-state index contributed by atoms with van der Waals surface area (Å²) in [6.07, 6.45) is 3.79. The van der Waals surface area contributed by atoms with Crippen molar-refractivity contribution in [1.82, 2.24) is 10.3 Å². The van der Waals surface area contributed by atoms with Crippen molar-refractivity contribution in [2.45, 2.75) is 18.9 Å². The van der Waals surface area contributed by atoms with Crippen LogP contribution >= 0.6 is 0 Å². The van der Waals surface area contributed by atoms with Crippen LogP contribution in [0.5, 0.6) is 0 Å². The first kappa shape index (κ1) is 18.4. The highest BCUT2D eigenvalue weighted by atomic mass is 16.5. The molecule has 1 aromatic heterocycles. The Morgan fingerprint density at radius 2 is 2.00 bits per heavy atom. The van der Waals surface area contributed by atoms with Crippen LogP contribution in [0.15, 0.2) is 48.8 Å². The quantitative estimate of drug-likeness (QED) is 0.791. The van der Waals surface area contributed by atoms with E-state index in [0.29, 0.717) is 12.8 Å². The lowest BCUT2D eigenvalue weighted by Gasteiger charge is -2.29. The van der Waals surface area contributed by atoms with Gasteiger partial charge in [0.2, 0.25) is 5.91 Å². The largest absolute Gasteiger partial charge is 0.387 e. The van der Waals surface area contributed by atoms with Crippen LogP contribution in [-0.2, 0) is 16.0 Å². The maximum absolute atomic E-state index is 12.0. The van der Waals surface area contributed by atoms with Gasteiger partial charge in [-0.25, -0.2) is 0 Å². The van der Waals surface area contributed by atoms with E-state index in [4.69, 9.17) is 4.74 Å². The number of anilines is 1. The van der Waals surface area contributed by atoms with Crippen molar-refractivity contribution in [2.24, 2.45) is 0 Å². The van der Waals surface area contributed by atoms with Crippen molar-refractivity contribution in [1.29, 1.82) is 0 Å². The molecule has 0 saturated carbocycles. The van der Waals surface area contributed by atoms with E-state index in [1.165, 1.54) is 0 Å². The molecule has 26 heavy (non-hydrogen) atoms. The van der Waals surface area contributed by atoms with Gasteiger partial charge in [0, 0.05) is 44.1 Å². The van der Waals surface area contributed by atoms with E-state index in [9.17, 15) is 9.90 Å². The van der Waals surface area contributed by atoms with Crippen molar-refractivity contribution in [3.63, 3.8) is 0 Å². The minimum Gasteiger partial charge on any atom is -0.387 e. The SMILES string of the molecule is O=C(CCc1cccnc1)NCC(O)c1ccc(N2CCOCC2)cc1. The molecule has 1 saturated heterocycles. The van der Waals surface area contributed by atoms with Gasteiger partial charge in [0.15, 0.2) is 0 Å². The first-order chi connectivity index (χ1) is 12.7. The van der Waals surface area contributed by atoms with Crippen LogP contribution in [0, 0.1) is 0 Å². The van der Waals surface area contributed by atoms with Gasteiger partial charge in [0.1, 0.15) is 0 Å². The molecular weight excluding hydrogens is 330 g/mol. The van der Waals surface area contributed by atoms with E-state index in [0.717, 1.165) is 43.1 Å². The fourth-order valence-electron chi connectivity index (χ4n) is 2.95. The van der Waals surface area contributed by atoms with Gasteiger partial charge >= 0.3 is 0 Å². The lowest BCUT2D eigenvalue weighted by Crippen LogP contribution is -2.36. The third-order valence-corrected chi connectivity index (χ3v) is 4.51. The van der Waals surface area contributed by atoms with Crippen molar-refractivity contribution in [2.75, 3.05) is 37.7 Å². The van der Waals surface area contributed by atoms with Crippen LogP contribution in [0.1, 0.15) is 23.7 Å². The van der Waals surface area contributed by atoms with Gasteiger partial charge in [-0.1, -0.05) is 18.2 Å². The molecule has 1 fully saturated rings. The fraction of sp³-hybridized carbons (Fsp3) is 0.400. The zero-order valence-corrected chi connectivity index (χ0v) is 14.8. The van der Waals surface area contributed by atoms with Crippen molar-refractivity contribution >= 4 is 11.6 Å². The van der Waals surface area contributed by atoms with Crippen LogP contribution in [0.2, 0.25) is 0 Å². The first-order valence-corrected chi connectivity index (χ1v) is 8.99. The molecule has 2 aromatic rings.